The number of benzene rings is 1. The Morgan fingerprint density at radius 3 is 2.64 bits per heavy atom. The summed E-state index contributed by atoms with van der Waals surface area (Å²) in [5.74, 6) is 2.88. The first-order valence-corrected chi connectivity index (χ1v) is 5.63. The van der Waals surface area contributed by atoms with E-state index in [4.69, 9.17) is 0 Å². The molecule has 2 fully saturated rings. The van der Waals surface area contributed by atoms with Crippen molar-refractivity contribution in [3.63, 3.8) is 0 Å². The van der Waals surface area contributed by atoms with Gasteiger partial charge >= 0.3 is 0 Å². The molecule has 4 aliphatic rings. The van der Waals surface area contributed by atoms with Gasteiger partial charge in [0, 0.05) is 5.92 Å². The van der Waals surface area contributed by atoms with Crippen molar-refractivity contribution < 1.29 is 5.11 Å². The van der Waals surface area contributed by atoms with Crippen LogP contribution in [0.1, 0.15) is 35.8 Å². The summed E-state index contributed by atoms with van der Waals surface area (Å²) < 4.78 is 0. The van der Waals surface area contributed by atoms with Gasteiger partial charge in [-0.3, -0.25) is 0 Å². The van der Waals surface area contributed by atoms with Gasteiger partial charge in [0.05, 0.1) is 6.10 Å². The molecule has 0 heterocycles. The van der Waals surface area contributed by atoms with Crippen LogP contribution in [-0.4, -0.2) is 11.2 Å². The van der Waals surface area contributed by atoms with Crippen LogP contribution in [0.25, 0.3) is 0 Å². The highest BCUT2D eigenvalue weighted by Gasteiger charge is 2.58. The lowest BCUT2D eigenvalue weighted by atomic mass is 9.66. The van der Waals surface area contributed by atoms with Crippen molar-refractivity contribution in [1.82, 2.24) is 0 Å². The molecule has 5 atom stereocenters. The molecule has 1 N–H and O–H groups in total. The molecule has 1 nitrogen and oxygen atoms in total. The lowest BCUT2D eigenvalue weighted by molar-refractivity contribution is 0.0773. The Morgan fingerprint density at radius 2 is 1.79 bits per heavy atom. The molecule has 0 aliphatic heterocycles. The minimum atomic E-state index is -0.0568. The molecule has 1 heteroatoms. The van der Waals surface area contributed by atoms with E-state index in [1.165, 1.54) is 12.0 Å². The van der Waals surface area contributed by atoms with Crippen LogP contribution < -0.4 is 0 Å². The van der Waals surface area contributed by atoms with Gasteiger partial charge in [-0.25, -0.2) is 0 Å². The third-order valence-electron chi connectivity index (χ3n) is 4.53. The van der Waals surface area contributed by atoms with E-state index in [9.17, 15) is 5.11 Å². The molecule has 4 aliphatic carbocycles. The normalized spacial score (nSPS) is 47.1. The van der Waals surface area contributed by atoms with Crippen LogP contribution in [0.3, 0.4) is 0 Å². The highest BCUT2D eigenvalue weighted by Crippen LogP contribution is 2.66. The fraction of sp³-hybridized carbons (Fsp3) is 0.538. The van der Waals surface area contributed by atoms with Gasteiger partial charge in [0.15, 0.2) is 0 Å². The van der Waals surface area contributed by atoms with Crippen LogP contribution >= 0.6 is 0 Å². The maximum atomic E-state index is 10.0. The van der Waals surface area contributed by atoms with Crippen molar-refractivity contribution in [3.8, 4) is 0 Å². The van der Waals surface area contributed by atoms with Gasteiger partial charge in [0.2, 0.25) is 0 Å². The molecule has 2 saturated carbocycles. The van der Waals surface area contributed by atoms with Gasteiger partial charge in [-0.2, -0.15) is 0 Å². The Kier molecular flexibility index (Phi) is 1.18. The van der Waals surface area contributed by atoms with Crippen LogP contribution in [0, 0.1) is 11.8 Å². The van der Waals surface area contributed by atoms with Crippen LogP contribution in [0.5, 0.6) is 0 Å². The number of aliphatic hydroxyl groups is 1. The predicted octanol–water partition coefficient (Wildman–Crippen LogP) is 2.27. The van der Waals surface area contributed by atoms with Gasteiger partial charge in [-0.05, 0) is 41.7 Å². The molecule has 14 heavy (non-hydrogen) atoms. The summed E-state index contributed by atoms with van der Waals surface area (Å²) in [5.41, 5.74) is 3.00. The first-order chi connectivity index (χ1) is 6.86. The zero-order valence-corrected chi connectivity index (χ0v) is 8.06. The Balaban J connectivity index is 1.96. The van der Waals surface area contributed by atoms with E-state index in [0.717, 1.165) is 18.3 Å². The van der Waals surface area contributed by atoms with Gasteiger partial charge < -0.3 is 5.11 Å². The van der Waals surface area contributed by atoms with E-state index >= 15 is 0 Å². The number of aliphatic hydroxyl groups excluding tert-OH is 1. The molecule has 1 aromatic carbocycles. The van der Waals surface area contributed by atoms with Crippen LogP contribution in [0.15, 0.2) is 24.3 Å². The van der Waals surface area contributed by atoms with Crippen molar-refractivity contribution in [1.29, 1.82) is 0 Å². The van der Waals surface area contributed by atoms with Crippen LogP contribution in [0.4, 0.5) is 0 Å². The molecule has 2 bridgehead atoms. The molecular weight excluding hydrogens is 172 g/mol. The number of hydrogen-bond donors (Lipinski definition) is 1. The monoisotopic (exact) mass is 186 g/mol. The molecule has 0 aromatic heterocycles. The van der Waals surface area contributed by atoms with E-state index in [1.807, 2.05) is 0 Å². The summed E-state index contributed by atoms with van der Waals surface area (Å²) in [7, 11) is 0. The maximum Gasteiger partial charge on any atom is 0.0617 e. The molecule has 0 spiro atoms. The fourth-order valence-corrected chi connectivity index (χ4v) is 3.93. The van der Waals surface area contributed by atoms with Gasteiger partial charge in [-0.1, -0.05) is 24.3 Å². The average Bonchev–Trinajstić information content (AvgIpc) is 2.98. The second-order valence-electron chi connectivity index (χ2n) is 5.13. The smallest absolute Gasteiger partial charge is 0.0617 e. The summed E-state index contributed by atoms with van der Waals surface area (Å²) in [4.78, 5) is 0. The van der Waals surface area contributed by atoms with E-state index in [-0.39, 0.29) is 6.10 Å². The molecule has 0 radical (unpaired) electrons. The van der Waals surface area contributed by atoms with E-state index in [1.54, 1.807) is 5.56 Å². The Bertz CT molecular complexity index is 396. The average molecular weight is 186 g/mol. The molecule has 1 aromatic rings. The molecule has 0 amide bonds. The summed E-state index contributed by atoms with van der Waals surface area (Å²) in [5, 5.41) is 10.0. The van der Waals surface area contributed by atoms with E-state index in [0.29, 0.717) is 11.8 Å². The number of rotatable bonds is 0. The third kappa shape index (κ3) is 0.718. The minimum Gasteiger partial charge on any atom is -0.392 e. The SMILES string of the molecule is O[C@@H]1C[C@H]2c3ccccc3[C@H]1[C@H]1C[C@H]12. The van der Waals surface area contributed by atoms with Crippen molar-refractivity contribution >= 4 is 0 Å². The first kappa shape index (κ1) is 7.47. The van der Waals surface area contributed by atoms with Crippen molar-refractivity contribution in [2.45, 2.75) is 30.8 Å². The number of fused-ring (bicyclic) bond motifs is 1. The topological polar surface area (TPSA) is 20.2 Å². The largest absolute Gasteiger partial charge is 0.392 e. The predicted molar refractivity (Wildman–Crippen MR) is 54.1 cm³/mol. The molecular formula is C13H14O. The third-order valence-corrected chi connectivity index (χ3v) is 4.53. The van der Waals surface area contributed by atoms with Crippen LogP contribution in [-0.2, 0) is 0 Å². The van der Waals surface area contributed by atoms with Crippen molar-refractivity contribution in [2.24, 2.45) is 11.8 Å². The molecule has 72 valence electrons. The number of hydrogen-bond acceptors (Lipinski definition) is 1. The summed E-state index contributed by atoms with van der Waals surface area (Å²) in [6.45, 7) is 0. The maximum absolute atomic E-state index is 10.0. The second-order valence-corrected chi connectivity index (χ2v) is 5.13. The zero-order valence-electron chi connectivity index (χ0n) is 8.06. The molecule has 0 unspecified atom stereocenters. The summed E-state index contributed by atoms with van der Waals surface area (Å²) in [6, 6.07) is 8.75. The highest BCUT2D eigenvalue weighted by atomic mass is 16.3. The summed E-state index contributed by atoms with van der Waals surface area (Å²) in [6.07, 6.45) is 2.32. The minimum absolute atomic E-state index is 0.0568. The first-order valence-electron chi connectivity index (χ1n) is 5.63. The van der Waals surface area contributed by atoms with Gasteiger partial charge in [0.25, 0.3) is 0 Å². The molecule has 5 rings (SSSR count). The summed E-state index contributed by atoms with van der Waals surface area (Å²) >= 11 is 0. The quantitative estimate of drug-likeness (QED) is 0.659. The highest BCUT2D eigenvalue weighted by molar-refractivity contribution is 5.44. The Hall–Kier alpha value is -0.820. The van der Waals surface area contributed by atoms with Gasteiger partial charge in [-0.15, -0.1) is 0 Å². The standard InChI is InChI=1S/C13H14O/c14-12-6-10-7-3-1-2-4-8(7)13(12)11-5-9(10)11/h1-4,9-14H,5-6H2/t9-,10-,11-,12+,13-/m0/s1. The zero-order chi connectivity index (χ0) is 9.28. The van der Waals surface area contributed by atoms with E-state index in [2.05, 4.69) is 24.3 Å². The Morgan fingerprint density at radius 1 is 1.00 bits per heavy atom. The molecule has 0 saturated heterocycles. The van der Waals surface area contributed by atoms with Crippen molar-refractivity contribution in [3.05, 3.63) is 35.4 Å². The van der Waals surface area contributed by atoms with E-state index < -0.39 is 0 Å². The lowest BCUT2D eigenvalue weighted by Crippen LogP contribution is -2.35. The lowest BCUT2D eigenvalue weighted by Gasteiger charge is -2.41. The fourth-order valence-electron chi connectivity index (χ4n) is 3.93. The van der Waals surface area contributed by atoms with Crippen molar-refractivity contribution in [2.75, 3.05) is 0 Å². The Labute approximate surface area is 83.8 Å². The second kappa shape index (κ2) is 2.22. The van der Waals surface area contributed by atoms with Gasteiger partial charge in [0.1, 0.15) is 0 Å². The van der Waals surface area contributed by atoms with Crippen LogP contribution in [0.2, 0.25) is 0 Å².